The Balaban J connectivity index is 1.81. The minimum absolute atomic E-state index is 0.749. The lowest BCUT2D eigenvalue weighted by Gasteiger charge is -2.35. The monoisotopic (exact) mass is 259 g/mol. The zero-order valence-electron chi connectivity index (χ0n) is 12.8. The number of hydrogen-bond donors (Lipinski definition) is 1. The van der Waals surface area contributed by atoms with E-state index in [9.17, 15) is 0 Å². The fourth-order valence-corrected chi connectivity index (χ4v) is 3.48. The van der Waals surface area contributed by atoms with E-state index >= 15 is 0 Å². The highest BCUT2D eigenvalue weighted by atomic mass is 14.9. The summed E-state index contributed by atoms with van der Waals surface area (Å²) in [4.78, 5) is 0. The molecule has 1 aliphatic carbocycles. The second kappa shape index (κ2) is 7.09. The number of benzene rings is 1. The smallest absolute Gasteiger partial charge is 0.00978 e. The Morgan fingerprint density at radius 1 is 1.21 bits per heavy atom. The van der Waals surface area contributed by atoms with Crippen molar-refractivity contribution >= 4 is 0 Å². The van der Waals surface area contributed by atoms with Gasteiger partial charge in [0, 0.05) is 6.04 Å². The van der Waals surface area contributed by atoms with E-state index in [0.29, 0.717) is 0 Å². The minimum Gasteiger partial charge on any atom is -0.313 e. The molecule has 0 bridgehead atoms. The summed E-state index contributed by atoms with van der Waals surface area (Å²) in [7, 11) is 0. The van der Waals surface area contributed by atoms with E-state index in [-0.39, 0.29) is 0 Å². The SMILES string of the molecule is Cc1cccc(CCNC2CCCCC2C(C)C)c1. The third kappa shape index (κ3) is 4.35. The summed E-state index contributed by atoms with van der Waals surface area (Å²) >= 11 is 0. The first-order valence-electron chi connectivity index (χ1n) is 7.96. The Hall–Kier alpha value is -0.820. The van der Waals surface area contributed by atoms with Gasteiger partial charge in [-0.15, -0.1) is 0 Å². The Labute approximate surface area is 118 Å². The molecule has 0 aliphatic heterocycles. The number of nitrogens with one attached hydrogen (secondary N) is 1. The summed E-state index contributed by atoms with van der Waals surface area (Å²) in [5.41, 5.74) is 2.83. The fourth-order valence-electron chi connectivity index (χ4n) is 3.48. The molecular formula is C18H29N. The van der Waals surface area contributed by atoms with Gasteiger partial charge in [-0.1, -0.05) is 56.5 Å². The Bertz CT molecular complexity index is 383. The van der Waals surface area contributed by atoms with Gasteiger partial charge in [-0.05, 0) is 50.1 Å². The molecule has 0 saturated heterocycles. The molecule has 1 aliphatic rings. The van der Waals surface area contributed by atoms with Crippen molar-refractivity contribution in [1.29, 1.82) is 0 Å². The predicted molar refractivity (Wildman–Crippen MR) is 83.5 cm³/mol. The van der Waals surface area contributed by atoms with Crippen LogP contribution in [0.2, 0.25) is 0 Å². The molecular weight excluding hydrogens is 230 g/mol. The van der Waals surface area contributed by atoms with E-state index in [2.05, 4.69) is 50.4 Å². The van der Waals surface area contributed by atoms with Gasteiger partial charge >= 0.3 is 0 Å². The normalized spacial score (nSPS) is 23.8. The van der Waals surface area contributed by atoms with Crippen LogP contribution >= 0.6 is 0 Å². The lowest BCUT2D eigenvalue weighted by atomic mass is 9.78. The summed E-state index contributed by atoms with van der Waals surface area (Å²) in [6, 6.07) is 9.64. The molecule has 0 spiro atoms. The van der Waals surface area contributed by atoms with Crippen molar-refractivity contribution in [3.05, 3.63) is 35.4 Å². The van der Waals surface area contributed by atoms with Gasteiger partial charge in [0.05, 0.1) is 0 Å². The summed E-state index contributed by atoms with van der Waals surface area (Å²) in [6.07, 6.45) is 6.78. The molecule has 2 atom stereocenters. The average molecular weight is 259 g/mol. The molecule has 19 heavy (non-hydrogen) atoms. The van der Waals surface area contributed by atoms with Gasteiger partial charge in [0.15, 0.2) is 0 Å². The molecule has 0 aromatic heterocycles. The highest BCUT2D eigenvalue weighted by Crippen LogP contribution is 2.30. The van der Waals surface area contributed by atoms with Gasteiger partial charge in [-0.2, -0.15) is 0 Å². The molecule has 1 fully saturated rings. The van der Waals surface area contributed by atoms with E-state index < -0.39 is 0 Å². The largest absolute Gasteiger partial charge is 0.313 e. The zero-order valence-corrected chi connectivity index (χ0v) is 12.8. The number of hydrogen-bond acceptors (Lipinski definition) is 1. The van der Waals surface area contributed by atoms with Gasteiger partial charge < -0.3 is 5.32 Å². The number of aryl methyl sites for hydroxylation is 1. The zero-order chi connectivity index (χ0) is 13.7. The van der Waals surface area contributed by atoms with Crippen LogP contribution in [0.25, 0.3) is 0 Å². The predicted octanol–water partition coefficient (Wildman–Crippen LogP) is 4.34. The van der Waals surface area contributed by atoms with Crippen molar-refractivity contribution in [3.63, 3.8) is 0 Å². The summed E-state index contributed by atoms with van der Waals surface area (Å²) in [5.74, 6) is 1.70. The first kappa shape index (κ1) is 14.6. The third-order valence-corrected chi connectivity index (χ3v) is 4.58. The minimum atomic E-state index is 0.749. The van der Waals surface area contributed by atoms with Crippen LogP contribution in [0.1, 0.15) is 50.7 Å². The molecule has 1 heteroatoms. The van der Waals surface area contributed by atoms with E-state index in [0.717, 1.165) is 30.8 Å². The molecule has 2 unspecified atom stereocenters. The highest BCUT2D eigenvalue weighted by molar-refractivity contribution is 5.22. The molecule has 1 saturated carbocycles. The van der Waals surface area contributed by atoms with E-state index in [1.807, 2.05) is 0 Å². The number of rotatable bonds is 5. The lowest BCUT2D eigenvalue weighted by Crippen LogP contribution is -2.41. The van der Waals surface area contributed by atoms with Crippen LogP contribution in [0, 0.1) is 18.8 Å². The molecule has 1 N–H and O–H groups in total. The standard InChI is InChI=1S/C18H29N/c1-14(2)17-9-4-5-10-18(17)19-12-11-16-8-6-7-15(3)13-16/h6-8,13-14,17-19H,4-5,9-12H2,1-3H3. The molecule has 0 radical (unpaired) electrons. The maximum Gasteiger partial charge on any atom is 0.00978 e. The van der Waals surface area contributed by atoms with E-state index in [1.165, 1.54) is 36.8 Å². The van der Waals surface area contributed by atoms with Crippen LogP contribution < -0.4 is 5.32 Å². The molecule has 0 heterocycles. The molecule has 1 aromatic rings. The quantitative estimate of drug-likeness (QED) is 0.829. The van der Waals surface area contributed by atoms with Gasteiger partial charge in [-0.25, -0.2) is 0 Å². The van der Waals surface area contributed by atoms with Crippen molar-refractivity contribution in [3.8, 4) is 0 Å². The second-order valence-electron chi connectivity index (χ2n) is 6.49. The lowest BCUT2D eigenvalue weighted by molar-refractivity contribution is 0.207. The van der Waals surface area contributed by atoms with Crippen molar-refractivity contribution in [2.45, 2.75) is 58.9 Å². The topological polar surface area (TPSA) is 12.0 Å². The van der Waals surface area contributed by atoms with Crippen molar-refractivity contribution in [2.24, 2.45) is 11.8 Å². The fraction of sp³-hybridized carbons (Fsp3) is 0.667. The van der Waals surface area contributed by atoms with Crippen LogP contribution in [0.5, 0.6) is 0 Å². The first-order chi connectivity index (χ1) is 9.16. The summed E-state index contributed by atoms with van der Waals surface area (Å²) in [5, 5.41) is 3.82. The van der Waals surface area contributed by atoms with E-state index in [4.69, 9.17) is 0 Å². The van der Waals surface area contributed by atoms with Crippen molar-refractivity contribution in [1.82, 2.24) is 5.32 Å². The van der Waals surface area contributed by atoms with Crippen LogP contribution in [-0.2, 0) is 6.42 Å². The Morgan fingerprint density at radius 2 is 2.00 bits per heavy atom. The highest BCUT2D eigenvalue weighted by Gasteiger charge is 2.26. The summed E-state index contributed by atoms with van der Waals surface area (Å²) < 4.78 is 0. The third-order valence-electron chi connectivity index (χ3n) is 4.58. The Kier molecular flexibility index (Phi) is 5.45. The average Bonchev–Trinajstić information content (AvgIpc) is 2.39. The van der Waals surface area contributed by atoms with Crippen LogP contribution in [0.4, 0.5) is 0 Å². The maximum atomic E-state index is 3.82. The molecule has 1 nitrogen and oxygen atoms in total. The Morgan fingerprint density at radius 3 is 2.74 bits per heavy atom. The van der Waals surface area contributed by atoms with E-state index in [1.54, 1.807) is 0 Å². The van der Waals surface area contributed by atoms with Crippen LogP contribution in [0.15, 0.2) is 24.3 Å². The van der Waals surface area contributed by atoms with Crippen molar-refractivity contribution in [2.75, 3.05) is 6.54 Å². The van der Waals surface area contributed by atoms with Gasteiger partial charge in [0.1, 0.15) is 0 Å². The maximum absolute atomic E-state index is 3.82. The van der Waals surface area contributed by atoms with Gasteiger partial charge in [0.25, 0.3) is 0 Å². The van der Waals surface area contributed by atoms with Gasteiger partial charge in [-0.3, -0.25) is 0 Å². The summed E-state index contributed by atoms with van der Waals surface area (Å²) in [6.45, 7) is 8.06. The van der Waals surface area contributed by atoms with Crippen LogP contribution in [0.3, 0.4) is 0 Å². The molecule has 106 valence electrons. The second-order valence-corrected chi connectivity index (χ2v) is 6.49. The molecule has 1 aromatic carbocycles. The first-order valence-corrected chi connectivity index (χ1v) is 7.96. The van der Waals surface area contributed by atoms with Crippen molar-refractivity contribution < 1.29 is 0 Å². The molecule has 0 amide bonds. The van der Waals surface area contributed by atoms with Gasteiger partial charge in [0.2, 0.25) is 0 Å². The molecule has 2 rings (SSSR count). The van der Waals surface area contributed by atoms with Crippen LogP contribution in [-0.4, -0.2) is 12.6 Å².